The van der Waals surface area contributed by atoms with Crippen molar-refractivity contribution in [3.63, 3.8) is 0 Å². The second kappa shape index (κ2) is 5.88. The van der Waals surface area contributed by atoms with E-state index < -0.39 is 0 Å². The van der Waals surface area contributed by atoms with Gasteiger partial charge in [0.2, 0.25) is 0 Å². The van der Waals surface area contributed by atoms with Gasteiger partial charge in [-0.05, 0) is 36.6 Å². The van der Waals surface area contributed by atoms with Gasteiger partial charge in [-0.15, -0.1) is 0 Å². The first-order valence-electron chi connectivity index (χ1n) is 7.27. The summed E-state index contributed by atoms with van der Waals surface area (Å²) in [6, 6.07) is 6.22. The van der Waals surface area contributed by atoms with Gasteiger partial charge in [-0.3, -0.25) is 0 Å². The van der Waals surface area contributed by atoms with Crippen LogP contribution in [-0.4, -0.2) is 13.7 Å². The van der Waals surface area contributed by atoms with Crippen LogP contribution in [-0.2, 0) is 12.0 Å². The number of hydrogen-bond acceptors (Lipinski definition) is 3. The summed E-state index contributed by atoms with van der Waals surface area (Å²) in [5.41, 5.74) is 2.19. The quantitative estimate of drug-likeness (QED) is 0.829. The lowest BCUT2D eigenvalue weighted by Crippen LogP contribution is -2.13. The molecule has 0 aliphatic carbocycles. The lowest BCUT2D eigenvalue weighted by atomic mass is 9.86. The maximum Gasteiger partial charge on any atom is 0.138 e. The monoisotopic (exact) mass is 275 g/mol. The Morgan fingerprint density at radius 1 is 1.20 bits per heavy atom. The molecule has 20 heavy (non-hydrogen) atoms. The molecule has 110 valence electrons. The number of rotatable bonds is 5. The van der Waals surface area contributed by atoms with E-state index in [4.69, 9.17) is 9.15 Å². The highest BCUT2D eigenvalue weighted by Gasteiger charge is 2.21. The average Bonchev–Trinajstić information content (AvgIpc) is 2.79. The van der Waals surface area contributed by atoms with Gasteiger partial charge in [0.15, 0.2) is 0 Å². The molecule has 1 N–H and O–H groups in total. The molecular weight excluding hydrogens is 250 g/mol. The summed E-state index contributed by atoms with van der Waals surface area (Å²) in [5, 5.41) is 4.49. The first-order chi connectivity index (χ1) is 9.45. The van der Waals surface area contributed by atoms with Crippen LogP contribution in [0.1, 0.15) is 45.4 Å². The van der Waals surface area contributed by atoms with Crippen molar-refractivity contribution in [3.05, 3.63) is 29.5 Å². The van der Waals surface area contributed by atoms with Crippen molar-refractivity contribution in [1.82, 2.24) is 5.32 Å². The van der Waals surface area contributed by atoms with E-state index in [1.165, 1.54) is 5.56 Å². The van der Waals surface area contributed by atoms with E-state index in [2.05, 4.69) is 45.1 Å². The Kier molecular flexibility index (Phi) is 4.39. The summed E-state index contributed by atoms with van der Waals surface area (Å²) in [6.45, 7) is 10.5. The van der Waals surface area contributed by atoms with Gasteiger partial charge in [-0.1, -0.05) is 27.7 Å². The van der Waals surface area contributed by atoms with Crippen molar-refractivity contribution in [1.29, 1.82) is 0 Å². The predicted molar refractivity (Wildman–Crippen MR) is 83.5 cm³/mol. The number of fused-ring (bicyclic) bond motifs is 1. The molecule has 3 heteroatoms. The molecule has 3 nitrogen and oxygen atoms in total. The fourth-order valence-electron chi connectivity index (χ4n) is 2.33. The highest BCUT2D eigenvalue weighted by Crippen LogP contribution is 2.35. The molecule has 0 amide bonds. The summed E-state index contributed by atoms with van der Waals surface area (Å²) in [6.07, 6.45) is 1.13. The van der Waals surface area contributed by atoms with Crippen LogP contribution in [0.4, 0.5) is 0 Å². The van der Waals surface area contributed by atoms with Crippen LogP contribution in [0, 0.1) is 0 Å². The molecule has 0 unspecified atom stereocenters. The van der Waals surface area contributed by atoms with E-state index in [0.29, 0.717) is 0 Å². The van der Waals surface area contributed by atoms with E-state index in [1.807, 2.05) is 6.07 Å². The zero-order valence-corrected chi connectivity index (χ0v) is 13.2. The second-order valence-electron chi connectivity index (χ2n) is 6.23. The van der Waals surface area contributed by atoms with Crippen molar-refractivity contribution >= 4 is 11.0 Å². The Balaban J connectivity index is 2.43. The summed E-state index contributed by atoms with van der Waals surface area (Å²) in [5.74, 6) is 1.86. The fraction of sp³-hybridized carbons (Fsp3) is 0.529. The Morgan fingerprint density at radius 2 is 1.95 bits per heavy atom. The van der Waals surface area contributed by atoms with Gasteiger partial charge in [-0.2, -0.15) is 0 Å². The lowest BCUT2D eigenvalue weighted by Gasteiger charge is -2.20. The predicted octanol–water partition coefficient (Wildman–Crippen LogP) is 4.24. The van der Waals surface area contributed by atoms with E-state index in [9.17, 15) is 0 Å². The van der Waals surface area contributed by atoms with Crippen molar-refractivity contribution in [3.8, 4) is 5.75 Å². The van der Waals surface area contributed by atoms with Crippen LogP contribution in [0.15, 0.2) is 22.6 Å². The maximum absolute atomic E-state index is 6.05. The molecule has 0 bridgehead atoms. The second-order valence-corrected chi connectivity index (χ2v) is 6.23. The van der Waals surface area contributed by atoms with Crippen LogP contribution in [0.2, 0.25) is 0 Å². The molecule has 0 aliphatic heterocycles. The number of methoxy groups -OCH3 is 1. The Labute approximate surface area is 121 Å². The van der Waals surface area contributed by atoms with E-state index in [-0.39, 0.29) is 5.41 Å². The van der Waals surface area contributed by atoms with Crippen molar-refractivity contribution < 1.29 is 9.15 Å². The number of furan rings is 1. The van der Waals surface area contributed by atoms with Crippen LogP contribution < -0.4 is 10.1 Å². The van der Waals surface area contributed by atoms with Gasteiger partial charge >= 0.3 is 0 Å². The van der Waals surface area contributed by atoms with Crippen LogP contribution in [0.5, 0.6) is 5.75 Å². The van der Waals surface area contributed by atoms with Crippen LogP contribution in [0.25, 0.3) is 11.0 Å². The first-order valence-corrected chi connectivity index (χ1v) is 7.27. The number of hydrogen-bond donors (Lipinski definition) is 1. The minimum Gasteiger partial charge on any atom is -0.497 e. The molecule has 0 radical (unpaired) electrons. The highest BCUT2D eigenvalue weighted by atomic mass is 16.5. The standard InChI is InChI=1S/C17H25NO2/c1-6-7-18-11-14-9-12-8-13(19-5)10-15(16(12)20-14)17(2,3)4/h8-10,18H,6-7,11H2,1-5H3. The van der Waals surface area contributed by atoms with E-state index in [1.54, 1.807) is 7.11 Å². The van der Waals surface area contributed by atoms with E-state index in [0.717, 1.165) is 42.0 Å². The smallest absolute Gasteiger partial charge is 0.138 e. The van der Waals surface area contributed by atoms with Gasteiger partial charge in [0.1, 0.15) is 17.1 Å². The van der Waals surface area contributed by atoms with Crippen LogP contribution >= 0.6 is 0 Å². The Hall–Kier alpha value is -1.48. The molecule has 1 heterocycles. The zero-order valence-electron chi connectivity index (χ0n) is 13.2. The van der Waals surface area contributed by atoms with E-state index >= 15 is 0 Å². The summed E-state index contributed by atoms with van der Waals surface area (Å²) in [4.78, 5) is 0. The fourth-order valence-corrected chi connectivity index (χ4v) is 2.33. The SMILES string of the molecule is CCCNCc1cc2cc(OC)cc(C(C)(C)C)c2o1. The maximum atomic E-state index is 6.05. The molecule has 1 aromatic carbocycles. The molecule has 0 saturated heterocycles. The van der Waals surface area contributed by atoms with Crippen LogP contribution in [0.3, 0.4) is 0 Å². The minimum atomic E-state index is 0.0265. The molecule has 0 saturated carbocycles. The zero-order chi connectivity index (χ0) is 14.8. The van der Waals surface area contributed by atoms with Gasteiger partial charge in [0, 0.05) is 10.9 Å². The van der Waals surface area contributed by atoms with Gasteiger partial charge in [0.25, 0.3) is 0 Å². The molecule has 2 rings (SSSR count). The summed E-state index contributed by atoms with van der Waals surface area (Å²) in [7, 11) is 1.71. The molecule has 0 atom stereocenters. The summed E-state index contributed by atoms with van der Waals surface area (Å²) >= 11 is 0. The van der Waals surface area contributed by atoms with Gasteiger partial charge in [0.05, 0.1) is 13.7 Å². The third kappa shape index (κ3) is 3.15. The minimum absolute atomic E-state index is 0.0265. The largest absolute Gasteiger partial charge is 0.497 e. The number of benzene rings is 1. The molecule has 0 aliphatic rings. The number of nitrogens with one attached hydrogen (secondary N) is 1. The van der Waals surface area contributed by atoms with Crippen molar-refractivity contribution in [2.24, 2.45) is 0 Å². The van der Waals surface area contributed by atoms with Crippen molar-refractivity contribution in [2.45, 2.75) is 46.1 Å². The Morgan fingerprint density at radius 3 is 2.55 bits per heavy atom. The molecular formula is C17H25NO2. The average molecular weight is 275 g/mol. The van der Waals surface area contributed by atoms with Gasteiger partial charge in [-0.25, -0.2) is 0 Å². The first kappa shape index (κ1) is 14.9. The molecule has 1 aromatic heterocycles. The third-order valence-corrected chi connectivity index (χ3v) is 3.41. The van der Waals surface area contributed by atoms with Crippen molar-refractivity contribution in [2.75, 3.05) is 13.7 Å². The molecule has 0 fully saturated rings. The van der Waals surface area contributed by atoms with Gasteiger partial charge < -0.3 is 14.5 Å². The Bertz CT molecular complexity index is 578. The highest BCUT2D eigenvalue weighted by molar-refractivity contribution is 5.84. The normalized spacial score (nSPS) is 12.1. The third-order valence-electron chi connectivity index (χ3n) is 3.41. The lowest BCUT2D eigenvalue weighted by molar-refractivity contribution is 0.413. The summed E-state index contributed by atoms with van der Waals surface area (Å²) < 4.78 is 11.5. The molecule has 0 spiro atoms. The topological polar surface area (TPSA) is 34.4 Å². The number of ether oxygens (including phenoxy) is 1. The molecule has 2 aromatic rings.